The van der Waals surface area contributed by atoms with E-state index in [0.29, 0.717) is 6.04 Å². The highest BCUT2D eigenvalue weighted by Crippen LogP contribution is 2.28. The molecule has 0 amide bonds. The van der Waals surface area contributed by atoms with Gasteiger partial charge in [-0.3, -0.25) is 0 Å². The monoisotopic (exact) mass is 182 g/mol. The summed E-state index contributed by atoms with van der Waals surface area (Å²) in [6.45, 7) is 3.75. The fourth-order valence-electron chi connectivity index (χ4n) is 2.40. The molecule has 2 nitrogen and oxygen atoms in total. The third-order valence-electron chi connectivity index (χ3n) is 3.05. The molecule has 2 bridgehead atoms. The topological polar surface area (TPSA) is 15.6 Å². The Labute approximate surface area is 78.7 Å². The standard InChI is InChI=1S/C9H14N2S/c12-7-10-9-3-5-11-4-1-2-8(9)6-11/h8-9H,1-6H2. The average molecular weight is 182 g/mol. The van der Waals surface area contributed by atoms with Gasteiger partial charge in [-0.25, -0.2) is 4.99 Å². The van der Waals surface area contributed by atoms with Crippen LogP contribution in [-0.4, -0.2) is 35.7 Å². The molecule has 3 atom stereocenters. The van der Waals surface area contributed by atoms with E-state index < -0.39 is 0 Å². The Balaban J connectivity index is 2.03. The first kappa shape index (κ1) is 8.36. The molecule has 0 aromatic heterocycles. The Hall–Kier alpha value is -0.240. The molecule has 3 heteroatoms. The number of nitrogens with zero attached hydrogens (tertiary/aromatic N) is 2. The lowest BCUT2D eigenvalue weighted by atomic mass is 9.85. The number of rotatable bonds is 1. The molecule has 2 saturated heterocycles. The molecule has 3 unspecified atom stereocenters. The number of hydrogen-bond acceptors (Lipinski definition) is 3. The number of thiocarbonyl (C=S) groups is 1. The molecule has 0 radical (unpaired) electrons. The first-order valence-corrected chi connectivity index (χ1v) is 5.10. The van der Waals surface area contributed by atoms with E-state index in [2.05, 4.69) is 27.3 Å². The molecule has 0 N–H and O–H groups in total. The maximum absolute atomic E-state index is 4.65. The summed E-state index contributed by atoms with van der Waals surface area (Å²) >= 11 is 4.65. The molecule has 2 heterocycles. The van der Waals surface area contributed by atoms with Crippen LogP contribution in [0.3, 0.4) is 0 Å². The Bertz CT molecular complexity index is 211. The summed E-state index contributed by atoms with van der Waals surface area (Å²) in [4.78, 5) is 6.79. The fourth-order valence-corrected chi connectivity index (χ4v) is 2.53. The van der Waals surface area contributed by atoms with Crippen LogP contribution in [0, 0.1) is 5.92 Å². The number of aliphatic imine (C=N–C) groups is 1. The van der Waals surface area contributed by atoms with Crippen molar-refractivity contribution in [1.82, 2.24) is 4.90 Å². The first-order valence-electron chi connectivity index (χ1n) is 4.69. The molecule has 66 valence electrons. The van der Waals surface area contributed by atoms with E-state index in [1.807, 2.05) is 0 Å². The molecule has 2 rings (SSSR count). The van der Waals surface area contributed by atoms with Crippen LogP contribution < -0.4 is 0 Å². The van der Waals surface area contributed by atoms with Crippen molar-refractivity contribution in [3.05, 3.63) is 0 Å². The molecular weight excluding hydrogens is 168 g/mol. The zero-order chi connectivity index (χ0) is 8.39. The number of fused-ring (bicyclic) bond motifs is 2. The molecule has 2 aliphatic heterocycles. The van der Waals surface area contributed by atoms with Crippen molar-refractivity contribution in [2.75, 3.05) is 19.6 Å². The SMILES string of the molecule is S=C=NC1CCN2CCCC1C2. The fraction of sp³-hybridized carbons (Fsp3) is 0.889. The van der Waals surface area contributed by atoms with Crippen LogP contribution in [-0.2, 0) is 0 Å². The van der Waals surface area contributed by atoms with Crippen LogP contribution in [0.4, 0.5) is 0 Å². The maximum atomic E-state index is 4.65. The van der Waals surface area contributed by atoms with E-state index in [9.17, 15) is 0 Å². The van der Waals surface area contributed by atoms with Crippen LogP contribution in [0.15, 0.2) is 4.99 Å². The Kier molecular flexibility index (Phi) is 2.54. The van der Waals surface area contributed by atoms with E-state index >= 15 is 0 Å². The second kappa shape index (κ2) is 3.65. The molecule has 2 aliphatic rings. The second-order valence-electron chi connectivity index (χ2n) is 3.78. The van der Waals surface area contributed by atoms with Crippen LogP contribution in [0.25, 0.3) is 0 Å². The summed E-state index contributed by atoms with van der Waals surface area (Å²) in [6.07, 6.45) is 3.87. The van der Waals surface area contributed by atoms with Crippen molar-refractivity contribution in [3.63, 3.8) is 0 Å². The van der Waals surface area contributed by atoms with Crippen molar-refractivity contribution in [3.8, 4) is 0 Å². The first-order chi connectivity index (χ1) is 5.90. The van der Waals surface area contributed by atoms with Gasteiger partial charge in [0.1, 0.15) is 0 Å². The van der Waals surface area contributed by atoms with Gasteiger partial charge in [-0.05, 0) is 43.9 Å². The second-order valence-corrected chi connectivity index (χ2v) is 3.96. The van der Waals surface area contributed by atoms with Crippen molar-refractivity contribution in [1.29, 1.82) is 0 Å². The highest BCUT2D eigenvalue weighted by Gasteiger charge is 2.31. The van der Waals surface area contributed by atoms with Gasteiger partial charge >= 0.3 is 0 Å². The minimum atomic E-state index is 0.485. The van der Waals surface area contributed by atoms with Crippen LogP contribution in [0.2, 0.25) is 0 Å². The molecular formula is C9H14N2S. The highest BCUT2D eigenvalue weighted by molar-refractivity contribution is 7.78. The largest absolute Gasteiger partial charge is 0.303 e. The maximum Gasteiger partial charge on any atom is 0.0655 e. The van der Waals surface area contributed by atoms with E-state index in [1.54, 1.807) is 0 Å². The molecule has 2 fully saturated rings. The van der Waals surface area contributed by atoms with Gasteiger partial charge in [0.25, 0.3) is 0 Å². The lowest BCUT2D eigenvalue weighted by molar-refractivity contribution is 0.108. The smallest absolute Gasteiger partial charge is 0.0655 e. The average Bonchev–Trinajstić information content (AvgIpc) is 2.11. The molecule has 0 aliphatic carbocycles. The van der Waals surface area contributed by atoms with E-state index in [4.69, 9.17) is 0 Å². The van der Waals surface area contributed by atoms with Gasteiger partial charge in [0.15, 0.2) is 0 Å². The number of piperidine rings is 2. The van der Waals surface area contributed by atoms with Gasteiger partial charge in [0, 0.05) is 13.1 Å². The Morgan fingerprint density at radius 3 is 3.08 bits per heavy atom. The predicted molar refractivity (Wildman–Crippen MR) is 52.6 cm³/mol. The number of hydrogen-bond donors (Lipinski definition) is 0. The molecule has 0 aromatic rings. The zero-order valence-electron chi connectivity index (χ0n) is 7.20. The van der Waals surface area contributed by atoms with Gasteiger partial charge in [-0.1, -0.05) is 0 Å². The summed E-state index contributed by atoms with van der Waals surface area (Å²) in [5.41, 5.74) is 0. The van der Waals surface area contributed by atoms with Gasteiger partial charge in [-0.15, -0.1) is 0 Å². The quantitative estimate of drug-likeness (QED) is 0.452. The summed E-state index contributed by atoms with van der Waals surface area (Å²) in [6, 6.07) is 0.485. The summed E-state index contributed by atoms with van der Waals surface area (Å²) < 4.78 is 0. The van der Waals surface area contributed by atoms with Gasteiger partial charge in [0.05, 0.1) is 11.2 Å². The van der Waals surface area contributed by atoms with Crippen LogP contribution >= 0.6 is 12.2 Å². The van der Waals surface area contributed by atoms with Gasteiger partial charge < -0.3 is 4.90 Å². The molecule has 0 aromatic carbocycles. The summed E-state index contributed by atoms with van der Waals surface area (Å²) in [5, 5.41) is 2.53. The van der Waals surface area contributed by atoms with Gasteiger partial charge in [0.2, 0.25) is 0 Å². The minimum absolute atomic E-state index is 0.485. The van der Waals surface area contributed by atoms with Gasteiger partial charge in [-0.2, -0.15) is 0 Å². The summed E-state index contributed by atoms with van der Waals surface area (Å²) in [5.74, 6) is 0.767. The lowest BCUT2D eigenvalue weighted by Crippen LogP contribution is -2.46. The van der Waals surface area contributed by atoms with Crippen molar-refractivity contribution < 1.29 is 0 Å². The summed E-state index contributed by atoms with van der Waals surface area (Å²) in [7, 11) is 0. The molecule has 0 spiro atoms. The van der Waals surface area contributed by atoms with E-state index in [0.717, 1.165) is 5.92 Å². The predicted octanol–water partition coefficient (Wildman–Crippen LogP) is 1.57. The molecule has 0 saturated carbocycles. The van der Waals surface area contributed by atoms with Crippen molar-refractivity contribution in [2.24, 2.45) is 10.9 Å². The van der Waals surface area contributed by atoms with Crippen molar-refractivity contribution in [2.45, 2.75) is 25.3 Å². The third-order valence-corrected chi connectivity index (χ3v) is 3.15. The number of isothiocyanates is 1. The molecule has 12 heavy (non-hydrogen) atoms. The minimum Gasteiger partial charge on any atom is -0.303 e. The highest BCUT2D eigenvalue weighted by atomic mass is 32.1. The van der Waals surface area contributed by atoms with E-state index in [-0.39, 0.29) is 0 Å². The third kappa shape index (κ3) is 1.58. The Morgan fingerprint density at radius 2 is 2.25 bits per heavy atom. The van der Waals surface area contributed by atoms with Crippen LogP contribution in [0.1, 0.15) is 19.3 Å². The van der Waals surface area contributed by atoms with Crippen LogP contribution in [0.5, 0.6) is 0 Å². The normalized spacial score (nSPS) is 40.2. The lowest BCUT2D eigenvalue weighted by Gasteiger charge is -2.40. The Morgan fingerprint density at radius 1 is 1.33 bits per heavy atom. The zero-order valence-corrected chi connectivity index (χ0v) is 8.02. The van der Waals surface area contributed by atoms with Crippen molar-refractivity contribution >= 4 is 17.4 Å². The van der Waals surface area contributed by atoms with E-state index in [1.165, 1.54) is 38.9 Å².